The van der Waals surface area contributed by atoms with Gasteiger partial charge in [0.05, 0.1) is 16.3 Å². The zero-order valence-electron chi connectivity index (χ0n) is 11.6. The first kappa shape index (κ1) is 15.4. The quantitative estimate of drug-likeness (QED) is 0.536. The monoisotopic (exact) mass is 275 g/mol. The van der Waals surface area contributed by atoms with Crippen molar-refractivity contribution in [3.05, 3.63) is 0 Å². The summed E-state index contributed by atoms with van der Waals surface area (Å²) < 4.78 is 23.4. The number of hydrogen-bond donors (Lipinski definition) is 2. The van der Waals surface area contributed by atoms with E-state index >= 15 is 0 Å². The van der Waals surface area contributed by atoms with E-state index in [9.17, 15) is 8.42 Å². The Morgan fingerprint density at radius 1 is 1.33 bits per heavy atom. The molecule has 1 rings (SSSR count). The molecule has 6 heteroatoms. The first-order chi connectivity index (χ1) is 8.13. The molecule has 0 heterocycles. The lowest BCUT2D eigenvalue weighted by Gasteiger charge is -2.25. The largest absolute Gasteiger partial charge is 0.388 e. The summed E-state index contributed by atoms with van der Waals surface area (Å²) in [6, 6.07) is 0.500. The second-order valence-electron chi connectivity index (χ2n) is 5.97. The lowest BCUT2D eigenvalue weighted by atomic mass is 10.3. The maximum Gasteiger partial charge on any atom is 0.156 e. The summed E-state index contributed by atoms with van der Waals surface area (Å²) in [6.45, 7) is 6.45. The number of hydrogen-bond acceptors (Lipinski definition) is 4. The topological polar surface area (TPSA) is 87.2 Å². The van der Waals surface area contributed by atoms with Gasteiger partial charge in [-0.05, 0) is 33.6 Å². The van der Waals surface area contributed by atoms with Gasteiger partial charge in [0, 0.05) is 25.6 Å². The third-order valence-electron chi connectivity index (χ3n) is 3.31. The minimum absolute atomic E-state index is 0.166. The summed E-state index contributed by atoms with van der Waals surface area (Å²) in [4.78, 5) is 2.16. The van der Waals surface area contributed by atoms with Gasteiger partial charge < -0.3 is 5.73 Å². The number of rotatable bonds is 7. The standard InChI is InChI=1S/C12H25N3O2S/c1-12(2,3)18(16,17)9-8-15(10-4-5-10)7-6-11(13)14/h10H,4-9H2,1-3H3,(H3,13,14). The summed E-state index contributed by atoms with van der Waals surface area (Å²) in [7, 11) is -3.06. The highest BCUT2D eigenvalue weighted by atomic mass is 32.2. The molecule has 1 aliphatic carbocycles. The highest BCUT2D eigenvalue weighted by Crippen LogP contribution is 2.27. The molecule has 0 aliphatic heterocycles. The molecular weight excluding hydrogens is 250 g/mol. The first-order valence-electron chi connectivity index (χ1n) is 6.43. The fraction of sp³-hybridized carbons (Fsp3) is 0.917. The van der Waals surface area contributed by atoms with Gasteiger partial charge in [-0.1, -0.05) is 0 Å². The van der Waals surface area contributed by atoms with Crippen LogP contribution in [0, 0.1) is 5.41 Å². The van der Waals surface area contributed by atoms with Crippen LogP contribution in [0.25, 0.3) is 0 Å². The maximum atomic E-state index is 12.0. The summed E-state index contributed by atoms with van der Waals surface area (Å²) in [5.41, 5.74) is 5.35. The van der Waals surface area contributed by atoms with Crippen molar-refractivity contribution in [1.29, 1.82) is 5.41 Å². The Hall–Kier alpha value is -0.620. The van der Waals surface area contributed by atoms with Gasteiger partial charge in [0.2, 0.25) is 0 Å². The molecule has 1 fully saturated rings. The van der Waals surface area contributed by atoms with Gasteiger partial charge in [0.1, 0.15) is 0 Å². The van der Waals surface area contributed by atoms with Crippen LogP contribution < -0.4 is 5.73 Å². The fourth-order valence-electron chi connectivity index (χ4n) is 1.72. The molecule has 18 heavy (non-hydrogen) atoms. The predicted molar refractivity (Wildman–Crippen MR) is 74.7 cm³/mol. The van der Waals surface area contributed by atoms with Gasteiger partial charge in [-0.2, -0.15) is 0 Å². The van der Waals surface area contributed by atoms with Gasteiger partial charge in [0.15, 0.2) is 9.84 Å². The first-order valence-corrected chi connectivity index (χ1v) is 8.08. The number of nitrogens with zero attached hydrogens (tertiary/aromatic N) is 1. The van der Waals surface area contributed by atoms with E-state index in [4.69, 9.17) is 11.1 Å². The molecule has 0 amide bonds. The van der Waals surface area contributed by atoms with Crippen LogP contribution in [0.2, 0.25) is 0 Å². The number of sulfone groups is 1. The second kappa shape index (κ2) is 5.57. The molecule has 1 aliphatic rings. The van der Waals surface area contributed by atoms with E-state index in [1.807, 2.05) is 0 Å². The van der Waals surface area contributed by atoms with Gasteiger partial charge in [-0.25, -0.2) is 8.42 Å². The van der Waals surface area contributed by atoms with E-state index in [1.54, 1.807) is 20.8 Å². The van der Waals surface area contributed by atoms with Crippen molar-refractivity contribution in [1.82, 2.24) is 4.90 Å². The minimum Gasteiger partial charge on any atom is -0.388 e. The normalized spacial score (nSPS) is 17.1. The molecule has 0 atom stereocenters. The summed E-state index contributed by atoms with van der Waals surface area (Å²) >= 11 is 0. The molecule has 0 saturated heterocycles. The Morgan fingerprint density at radius 3 is 2.28 bits per heavy atom. The molecular formula is C12H25N3O2S. The number of amidine groups is 1. The van der Waals surface area contributed by atoms with Crippen molar-refractivity contribution >= 4 is 15.7 Å². The van der Waals surface area contributed by atoms with Gasteiger partial charge in [0.25, 0.3) is 0 Å². The lowest BCUT2D eigenvalue weighted by Crippen LogP contribution is -2.38. The third-order valence-corrected chi connectivity index (χ3v) is 5.90. The molecule has 0 radical (unpaired) electrons. The lowest BCUT2D eigenvalue weighted by molar-refractivity contribution is 0.286. The average Bonchev–Trinajstić information content (AvgIpc) is 2.99. The second-order valence-corrected chi connectivity index (χ2v) is 8.84. The fourth-order valence-corrected chi connectivity index (χ4v) is 2.81. The van der Waals surface area contributed by atoms with Crippen molar-refractivity contribution in [3.63, 3.8) is 0 Å². The van der Waals surface area contributed by atoms with E-state index in [-0.39, 0.29) is 11.6 Å². The summed E-state index contributed by atoms with van der Waals surface area (Å²) in [5, 5.41) is 7.24. The van der Waals surface area contributed by atoms with Crippen LogP contribution in [-0.4, -0.2) is 48.8 Å². The van der Waals surface area contributed by atoms with Crippen LogP contribution >= 0.6 is 0 Å². The van der Waals surface area contributed by atoms with Crippen LogP contribution in [0.5, 0.6) is 0 Å². The molecule has 5 nitrogen and oxygen atoms in total. The Labute approximate surface area is 110 Å². The minimum atomic E-state index is -3.06. The molecule has 0 aromatic heterocycles. The van der Waals surface area contributed by atoms with Crippen molar-refractivity contribution < 1.29 is 8.42 Å². The Balaban J connectivity index is 2.50. The maximum absolute atomic E-state index is 12.0. The van der Waals surface area contributed by atoms with E-state index in [0.717, 1.165) is 12.8 Å². The van der Waals surface area contributed by atoms with Crippen LogP contribution in [-0.2, 0) is 9.84 Å². The average molecular weight is 275 g/mol. The molecule has 0 bridgehead atoms. The summed E-state index contributed by atoms with van der Waals surface area (Å²) in [5.74, 6) is 0.351. The van der Waals surface area contributed by atoms with Crippen molar-refractivity contribution in [2.75, 3.05) is 18.8 Å². The molecule has 1 saturated carbocycles. The number of nitrogens with one attached hydrogen (secondary N) is 1. The Bertz CT molecular complexity index is 394. The van der Waals surface area contributed by atoms with Crippen LogP contribution in [0.4, 0.5) is 0 Å². The molecule has 0 aromatic rings. The Morgan fingerprint density at radius 2 is 1.89 bits per heavy atom. The molecule has 0 aromatic carbocycles. The van der Waals surface area contributed by atoms with Crippen molar-refractivity contribution in [3.8, 4) is 0 Å². The van der Waals surface area contributed by atoms with Gasteiger partial charge >= 0.3 is 0 Å². The van der Waals surface area contributed by atoms with Crippen LogP contribution in [0.1, 0.15) is 40.0 Å². The van der Waals surface area contributed by atoms with Crippen molar-refractivity contribution in [2.24, 2.45) is 5.73 Å². The van der Waals surface area contributed by atoms with Gasteiger partial charge in [-0.15, -0.1) is 0 Å². The SMILES string of the molecule is CC(C)(C)S(=O)(=O)CCN(CCC(=N)N)C1CC1. The number of nitrogens with two attached hydrogens (primary N) is 1. The molecule has 0 unspecified atom stereocenters. The van der Waals surface area contributed by atoms with E-state index in [0.29, 0.717) is 25.6 Å². The van der Waals surface area contributed by atoms with Crippen molar-refractivity contribution in [2.45, 2.75) is 50.8 Å². The van der Waals surface area contributed by atoms with Gasteiger partial charge in [-0.3, -0.25) is 10.3 Å². The molecule has 3 N–H and O–H groups in total. The highest BCUT2D eigenvalue weighted by molar-refractivity contribution is 7.92. The van der Waals surface area contributed by atoms with E-state index in [1.165, 1.54) is 0 Å². The Kier molecular flexibility index (Phi) is 4.78. The smallest absolute Gasteiger partial charge is 0.156 e. The van der Waals surface area contributed by atoms with E-state index < -0.39 is 14.6 Å². The van der Waals surface area contributed by atoms with Crippen LogP contribution in [0.15, 0.2) is 0 Å². The zero-order chi connectivity index (χ0) is 14.0. The zero-order valence-corrected chi connectivity index (χ0v) is 12.4. The van der Waals surface area contributed by atoms with E-state index in [2.05, 4.69) is 4.90 Å². The predicted octanol–water partition coefficient (Wildman–Crippen LogP) is 0.990. The van der Waals surface area contributed by atoms with Crippen LogP contribution in [0.3, 0.4) is 0 Å². The molecule has 106 valence electrons. The third kappa shape index (κ3) is 4.57. The highest BCUT2D eigenvalue weighted by Gasteiger charge is 2.33. The molecule has 0 spiro atoms. The summed E-state index contributed by atoms with van der Waals surface area (Å²) in [6.07, 6.45) is 2.78.